The summed E-state index contributed by atoms with van der Waals surface area (Å²) < 4.78 is 25.0. The minimum absolute atomic E-state index is 0.0250. The van der Waals surface area contributed by atoms with Crippen molar-refractivity contribution in [3.05, 3.63) is 82.5 Å². The van der Waals surface area contributed by atoms with Crippen molar-refractivity contribution in [2.24, 2.45) is 0 Å². The summed E-state index contributed by atoms with van der Waals surface area (Å²) in [4.78, 5) is 9.66. The SMILES string of the molecule is O=[N+]([O-])/C=C(/c1ccccc1)S(=O)(=O)c1ccccc1. The van der Waals surface area contributed by atoms with E-state index in [9.17, 15) is 18.5 Å². The first-order chi connectivity index (χ1) is 9.51. The number of hydrogen-bond acceptors (Lipinski definition) is 4. The highest BCUT2D eigenvalue weighted by molar-refractivity contribution is 8.00. The zero-order valence-electron chi connectivity index (χ0n) is 10.3. The molecule has 0 atom stereocenters. The second kappa shape index (κ2) is 5.66. The van der Waals surface area contributed by atoms with Crippen LogP contribution in [0, 0.1) is 10.1 Å². The number of benzene rings is 2. The van der Waals surface area contributed by atoms with E-state index in [1.165, 1.54) is 24.3 Å². The van der Waals surface area contributed by atoms with Crippen LogP contribution < -0.4 is 0 Å². The van der Waals surface area contributed by atoms with Crippen LogP contribution in [0.2, 0.25) is 0 Å². The highest BCUT2D eigenvalue weighted by atomic mass is 32.2. The van der Waals surface area contributed by atoms with Crippen molar-refractivity contribution in [1.29, 1.82) is 0 Å². The molecule has 0 heterocycles. The molecular formula is C14H11NO4S. The number of rotatable bonds is 4. The largest absolute Gasteiger partial charge is 0.259 e. The summed E-state index contributed by atoms with van der Waals surface area (Å²) in [7, 11) is -3.93. The Balaban J connectivity index is 2.63. The standard InChI is InChI=1S/C14H11NO4S/c16-15(17)11-14(12-7-3-1-4-8-12)20(18,19)13-9-5-2-6-10-13/h1-11H/b14-11-. The van der Waals surface area contributed by atoms with Crippen LogP contribution in [0.15, 0.2) is 71.8 Å². The quantitative estimate of drug-likeness (QED) is 0.640. The van der Waals surface area contributed by atoms with Gasteiger partial charge in [0.15, 0.2) is 0 Å². The van der Waals surface area contributed by atoms with Crippen molar-refractivity contribution in [2.75, 3.05) is 0 Å². The number of nitro groups is 1. The van der Waals surface area contributed by atoms with Gasteiger partial charge in [0.2, 0.25) is 9.84 Å². The predicted octanol–water partition coefficient (Wildman–Crippen LogP) is 2.74. The van der Waals surface area contributed by atoms with Gasteiger partial charge in [0.1, 0.15) is 4.91 Å². The van der Waals surface area contributed by atoms with Gasteiger partial charge < -0.3 is 0 Å². The van der Waals surface area contributed by atoms with Crippen LogP contribution in [0.1, 0.15) is 5.56 Å². The summed E-state index contributed by atoms with van der Waals surface area (Å²) in [6, 6.07) is 15.7. The highest BCUT2D eigenvalue weighted by Crippen LogP contribution is 2.27. The molecule has 0 N–H and O–H groups in total. The molecule has 0 amide bonds. The Morgan fingerprint density at radius 3 is 1.95 bits per heavy atom. The fourth-order valence-corrected chi connectivity index (χ4v) is 3.16. The van der Waals surface area contributed by atoms with Gasteiger partial charge in [-0.3, -0.25) is 10.1 Å². The van der Waals surface area contributed by atoms with E-state index in [-0.39, 0.29) is 15.4 Å². The molecule has 0 spiro atoms. The van der Waals surface area contributed by atoms with Crippen LogP contribution in [0.25, 0.3) is 4.91 Å². The van der Waals surface area contributed by atoms with E-state index in [2.05, 4.69) is 0 Å². The van der Waals surface area contributed by atoms with Gasteiger partial charge in [0.05, 0.1) is 9.82 Å². The summed E-state index contributed by atoms with van der Waals surface area (Å²) >= 11 is 0. The molecule has 0 aliphatic carbocycles. The van der Waals surface area contributed by atoms with Crippen molar-refractivity contribution >= 4 is 14.7 Å². The molecule has 102 valence electrons. The first kappa shape index (κ1) is 14.0. The van der Waals surface area contributed by atoms with Gasteiger partial charge in [0.25, 0.3) is 6.20 Å². The van der Waals surface area contributed by atoms with E-state index in [0.29, 0.717) is 6.20 Å². The van der Waals surface area contributed by atoms with Crippen molar-refractivity contribution in [2.45, 2.75) is 4.90 Å². The Labute approximate surface area is 116 Å². The monoisotopic (exact) mass is 289 g/mol. The highest BCUT2D eigenvalue weighted by Gasteiger charge is 2.25. The number of nitrogens with zero attached hydrogens (tertiary/aromatic N) is 1. The van der Waals surface area contributed by atoms with Crippen LogP contribution in [0.5, 0.6) is 0 Å². The summed E-state index contributed by atoms with van der Waals surface area (Å²) in [6.45, 7) is 0. The minimum Gasteiger partial charge on any atom is -0.259 e. The predicted molar refractivity (Wildman–Crippen MR) is 75.0 cm³/mol. The maximum atomic E-state index is 12.5. The molecule has 0 aliphatic rings. The lowest BCUT2D eigenvalue weighted by Crippen LogP contribution is -2.06. The van der Waals surface area contributed by atoms with Crippen LogP contribution >= 0.6 is 0 Å². The molecule has 20 heavy (non-hydrogen) atoms. The third kappa shape index (κ3) is 2.92. The fraction of sp³-hybridized carbons (Fsp3) is 0. The van der Waals surface area contributed by atoms with Crippen LogP contribution in [-0.4, -0.2) is 13.3 Å². The Morgan fingerprint density at radius 2 is 1.45 bits per heavy atom. The van der Waals surface area contributed by atoms with Gasteiger partial charge in [-0.15, -0.1) is 0 Å². The summed E-state index contributed by atoms with van der Waals surface area (Å²) in [5.74, 6) is 0. The number of sulfone groups is 1. The van der Waals surface area contributed by atoms with Crippen LogP contribution in [0.3, 0.4) is 0 Å². The van der Waals surface area contributed by atoms with Gasteiger partial charge >= 0.3 is 0 Å². The smallest absolute Gasteiger partial charge is 0.254 e. The zero-order chi connectivity index (χ0) is 14.6. The molecule has 0 saturated heterocycles. The molecule has 0 fully saturated rings. The van der Waals surface area contributed by atoms with Gasteiger partial charge in [-0.25, -0.2) is 8.42 Å². The molecular weight excluding hydrogens is 278 g/mol. The van der Waals surface area contributed by atoms with E-state index < -0.39 is 14.8 Å². The molecule has 0 bridgehead atoms. The number of hydrogen-bond donors (Lipinski definition) is 0. The molecule has 0 aromatic heterocycles. The van der Waals surface area contributed by atoms with E-state index in [1.54, 1.807) is 36.4 Å². The van der Waals surface area contributed by atoms with E-state index >= 15 is 0 Å². The third-order valence-corrected chi connectivity index (χ3v) is 4.44. The average Bonchev–Trinajstić information content (AvgIpc) is 2.46. The van der Waals surface area contributed by atoms with E-state index in [4.69, 9.17) is 0 Å². The molecule has 2 aromatic carbocycles. The molecule has 0 unspecified atom stereocenters. The van der Waals surface area contributed by atoms with Gasteiger partial charge in [0, 0.05) is 0 Å². The normalized spacial score (nSPS) is 12.1. The average molecular weight is 289 g/mol. The minimum atomic E-state index is -3.93. The first-order valence-electron chi connectivity index (χ1n) is 5.72. The molecule has 0 radical (unpaired) electrons. The van der Waals surface area contributed by atoms with Crippen molar-refractivity contribution in [1.82, 2.24) is 0 Å². The van der Waals surface area contributed by atoms with Crippen molar-refractivity contribution < 1.29 is 13.3 Å². The summed E-state index contributed by atoms with van der Waals surface area (Å²) in [5.41, 5.74) is 0.285. The van der Waals surface area contributed by atoms with Crippen LogP contribution in [0.4, 0.5) is 0 Å². The van der Waals surface area contributed by atoms with E-state index in [1.807, 2.05) is 0 Å². The Bertz CT molecular complexity index is 737. The van der Waals surface area contributed by atoms with E-state index in [0.717, 1.165) is 0 Å². The summed E-state index contributed by atoms with van der Waals surface area (Å²) in [6.07, 6.45) is 0.525. The maximum absolute atomic E-state index is 12.5. The first-order valence-corrected chi connectivity index (χ1v) is 7.21. The topological polar surface area (TPSA) is 77.3 Å². The van der Waals surface area contributed by atoms with Gasteiger partial charge in [-0.2, -0.15) is 0 Å². The third-order valence-electron chi connectivity index (χ3n) is 2.62. The molecule has 0 saturated carbocycles. The second-order valence-corrected chi connectivity index (χ2v) is 5.88. The lowest BCUT2D eigenvalue weighted by molar-refractivity contribution is -0.401. The van der Waals surface area contributed by atoms with Crippen LogP contribution in [-0.2, 0) is 9.84 Å². The van der Waals surface area contributed by atoms with Crippen molar-refractivity contribution in [3.63, 3.8) is 0 Å². The Morgan fingerprint density at radius 1 is 0.950 bits per heavy atom. The molecule has 6 heteroatoms. The second-order valence-electron chi connectivity index (χ2n) is 3.96. The van der Waals surface area contributed by atoms with Gasteiger partial charge in [-0.1, -0.05) is 48.5 Å². The Hall–Kier alpha value is -2.47. The van der Waals surface area contributed by atoms with Crippen molar-refractivity contribution in [3.8, 4) is 0 Å². The molecule has 2 aromatic rings. The molecule has 5 nitrogen and oxygen atoms in total. The molecule has 2 rings (SSSR count). The maximum Gasteiger partial charge on any atom is 0.254 e. The van der Waals surface area contributed by atoms with Gasteiger partial charge in [-0.05, 0) is 17.7 Å². The summed E-state index contributed by atoms with van der Waals surface area (Å²) in [5, 5.41) is 10.7. The molecule has 0 aliphatic heterocycles. The zero-order valence-corrected chi connectivity index (χ0v) is 11.2. The lowest BCUT2D eigenvalue weighted by Gasteiger charge is -2.07. The fourth-order valence-electron chi connectivity index (χ4n) is 1.72. The lowest BCUT2D eigenvalue weighted by atomic mass is 10.2. The Kier molecular flexibility index (Phi) is 3.95.